The summed E-state index contributed by atoms with van der Waals surface area (Å²) in [6.45, 7) is 3.58. The maximum absolute atomic E-state index is 9.36. The van der Waals surface area contributed by atoms with Crippen molar-refractivity contribution < 1.29 is 14.6 Å². The van der Waals surface area contributed by atoms with E-state index in [1.165, 1.54) is 12.8 Å². The number of aliphatic hydroxyl groups is 1. The number of hydrogen-bond acceptors (Lipinski definition) is 4. The van der Waals surface area contributed by atoms with E-state index in [0.717, 1.165) is 26.1 Å². The molecule has 0 aromatic rings. The molecule has 2 rings (SSSR count). The van der Waals surface area contributed by atoms with Crippen molar-refractivity contribution >= 4 is 0 Å². The molecule has 2 unspecified atom stereocenters. The van der Waals surface area contributed by atoms with E-state index in [4.69, 9.17) is 9.47 Å². The van der Waals surface area contributed by atoms with Crippen LogP contribution in [0.25, 0.3) is 0 Å². The third-order valence-corrected chi connectivity index (χ3v) is 3.01. The van der Waals surface area contributed by atoms with Crippen LogP contribution in [0, 0.1) is 5.92 Å². The second-order valence-corrected chi connectivity index (χ2v) is 4.12. The average Bonchev–Trinajstić information content (AvgIpc) is 2.63. The Morgan fingerprint density at radius 1 is 1.29 bits per heavy atom. The Bertz CT molecular complexity index is 171. The summed E-state index contributed by atoms with van der Waals surface area (Å²) in [4.78, 5) is 0. The largest absolute Gasteiger partial charge is 0.373 e. The monoisotopic (exact) mass is 201 g/mol. The van der Waals surface area contributed by atoms with Crippen LogP contribution >= 0.6 is 0 Å². The van der Waals surface area contributed by atoms with Gasteiger partial charge in [0.25, 0.3) is 0 Å². The second-order valence-electron chi connectivity index (χ2n) is 4.12. The number of ether oxygens (including phenoxy) is 2. The van der Waals surface area contributed by atoms with Gasteiger partial charge >= 0.3 is 0 Å². The van der Waals surface area contributed by atoms with E-state index in [1.54, 1.807) is 0 Å². The van der Waals surface area contributed by atoms with Crippen LogP contribution in [0.2, 0.25) is 0 Å². The van der Waals surface area contributed by atoms with Crippen LogP contribution in [0.3, 0.4) is 0 Å². The highest BCUT2D eigenvalue weighted by molar-refractivity contribution is 4.71. The third kappa shape index (κ3) is 2.67. The van der Waals surface area contributed by atoms with Crippen molar-refractivity contribution in [1.29, 1.82) is 0 Å². The van der Waals surface area contributed by atoms with Gasteiger partial charge in [-0.15, -0.1) is 0 Å². The predicted molar refractivity (Wildman–Crippen MR) is 51.9 cm³/mol. The lowest BCUT2D eigenvalue weighted by Gasteiger charge is -2.24. The molecule has 0 amide bonds. The van der Waals surface area contributed by atoms with E-state index in [9.17, 15) is 5.11 Å². The first-order valence-electron chi connectivity index (χ1n) is 5.48. The summed E-state index contributed by atoms with van der Waals surface area (Å²) in [5.41, 5.74) is 0. The smallest absolute Gasteiger partial charge is 0.181 e. The van der Waals surface area contributed by atoms with Crippen LogP contribution in [-0.4, -0.2) is 43.8 Å². The van der Waals surface area contributed by atoms with E-state index in [1.807, 2.05) is 0 Å². The molecule has 2 fully saturated rings. The van der Waals surface area contributed by atoms with Crippen LogP contribution in [0.4, 0.5) is 0 Å². The molecule has 0 radical (unpaired) electrons. The number of nitrogens with one attached hydrogen (secondary N) is 1. The summed E-state index contributed by atoms with van der Waals surface area (Å²) in [7, 11) is 0. The highest BCUT2D eigenvalue weighted by atomic mass is 16.6. The zero-order valence-electron chi connectivity index (χ0n) is 8.45. The fourth-order valence-corrected chi connectivity index (χ4v) is 2.03. The molecule has 4 nitrogen and oxygen atoms in total. The van der Waals surface area contributed by atoms with Crippen molar-refractivity contribution in [3.8, 4) is 0 Å². The van der Waals surface area contributed by atoms with E-state index < -0.39 is 6.29 Å². The van der Waals surface area contributed by atoms with Crippen LogP contribution < -0.4 is 5.32 Å². The number of hydrogen-bond donors (Lipinski definition) is 2. The molecular formula is C10H19NO3. The van der Waals surface area contributed by atoms with E-state index in [2.05, 4.69) is 5.32 Å². The fourth-order valence-electron chi connectivity index (χ4n) is 2.03. The summed E-state index contributed by atoms with van der Waals surface area (Å²) < 4.78 is 10.7. The topological polar surface area (TPSA) is 50.7 Å². The fraction of sp³-hybridized carbons (Fsp3) is 1.00. The van der Waals surface area contributed by atoms with Gasteiger partial charge in [0.15, 0.2) is 6.29 Å². The second kappa shape index (κ2) is 5.07. The minimum absolute atomic E-state index is 0.0927. The quantitative estimate of drug-likeness (QED) is 0.680. The summed E-state index contributed by atoms with van der Waals surface area (Å²) in [6, 6.07) is 0. The third-order valence-electron chi connectivity index (χ3n) is 3.01. The molecule has 14 heavy (non-hydrogen) atoms. The van der Waals surface area contributed by atoms with Crippen molar-refractivity contribution in [2.45, 2.75) is 31.7 Å². The lowest BCUT2D eigenvalue weighted by atomic mass is 9.99. The van der Waals surface area contributed by atoms with Crippen molar-refractivity contribution in [3.05, 3.63) is 0 Å². The lowest BCUT2D eigenvalue weighted by Crippen LogP contribution is -2.32. The molecule has 0 aromatic carbocycles. The van der Waals surface area contributed by atoms with E-state index in [-0.39, 0.29) is 6.10 Å². The maximum Gasteiger partial charge on any atom is 0.181 e. The van der Waals surface area contributed by atoms with Crippen LogP contribution in [0.1, 0.15) is 19.3 Å². The Morgan fingerprint density at radius 2 is 2.07 bits per heavy atom. The van der Waals surface area contributed by atoms with E-state index >= 15 is 0 Å². The SMILES string of the molecule is OC1OCCC1OCC1CCNCC1. The lowest BCUT2D eigenvalue weighted by molar-refractivity contribution is -0.132. The van der Waals surface area contributed by atoms with Crippen LogP contribution in [0.5, 0.6) is 0 Å². The van der Waals surface area contributed by atoms with Gasteiger partial charge in [0.05, 0.1) is 13.2 Å². The summed E-state index contributed by atoms with van der Waals surface area (Å²) in [6.07, 6.45) is 2.40. The average molecular weight is 201 g/mol. The molecule has 4 heteroatoms. The molecule has 0 spiro atoms. The Kier molecular flexibility index (Phi) is 3.75. The van der Waals surface area contributed by atoms with Gasteiger partial charge in [-0.3, -0.25) is 0 Å². The number of aliphatic hydroxyl groups excluding tert-OH is 1. The Balaban J connectivity index is 1.65. The maximum atomic E-state index is 9.36. The molecule has 2 aliphatic rings. The predicted octanol–water partition coefficient (Wildman–Crippen LogP) is 0.110. The molecule has 82 valence electrons. The normalized spacial score (nSPS) is 34.9. The summed E-state index contributed by atoms with van der Waals surface area (Å²) >= 11 is 0. The summed E-state index contributed by atoms with van der Waals surface area (Å²) in [5.74, 6) is 0.657. The zero-order valence-corrected chi connectivity index (χ0v) is 8.45. The standard InChI is InChI=1S/C10H19NO3/c12-10-9(3-6-13-10)14-7-8-1-4-11-5-2-8/h8-12H,1-7H2. The highest BCUT2D eigenvalue weighted by Crippen LogP contribution is 2.18. The molecule has 2 N–H and O–H groups in total. The molecule has 0 bridgehead atoms. The van der Waals surface area contributed by atoms with Crippen LogP contribution in [-0.2, 0) is 9.47 Å². The molecule has 0 aliphatic carbocycles. The first kappa shape index (κ1) is 10.4. The van der Waals surface area contributed by atoms with Crippen molar-refractivity contribution in [3.63, 3.8) is 0 Å². The van der Waals surface area contributed by atoms with Gasteiger partial charge in [0.1, 0.15) is 6.10 Å². The first-order valence-corrected chi connectivity index (χ1v) is 5.48. The number of piperidine rings is 1. The van der Waals surface area contributed by atoms with Crippen molar-refractivity contribution in [2.75, 3.05) is 26.3 Å². The molecular weight excluding hydrogens is 182 g/mol. The molecule has 0 saturated carbocycles. The Morgan fingerprint density at radius 3 is 2.71 bits per heavy atom. The molecule has 2 atom stereocenters. The van der Waals surface area contributed by atoms with Gasteiger partial charge in [-0.05, 0) is 31.8 Å². The van der Waals surface area contributed by atoms with Gasteiger partial charge in [0, 0.05) is 6.42 Å². The van der Waals surface area contributed by atoms with Gasteiger partial charge in [-0.25, -0.2) is 0 Å². The molecule has 0 aromatic heterocycles. The molecule has 2 saturated heterocycles. The van der Waals surface area contributed by atoms with Gasteiger partial charge in [-0.2, -0.15) is 0 Å². The first-order chi connectivity index (χ1) is 6.86. The Labute approximate surface area is 84.6 Å². The zero-order chi connectivity index (χ0) is 9.80. The minimum atomic E-state index is -0.697. The molecule has 2 aliphatic heterocycles. The van der Waals surface area contributed by atoms with E-state index in [0.29, 0.717) is 12.5 Å². The van der Waals surface area contributed by atoms with Gasteiger partial charge in [0.2, 0.25) is 0 Å². The van der Waals surface area contributed by atoms with Crippen molar-refractivity contribution in [1.82, 2.24) is 5.32 Å². The number of rotatable bonds is 3. The van der Waals surface area contributed by atoms with Gasteiger partial charge < -0.3 is 19.9 Å². The summed E-state index contributed by atoms with van der Waals surface area (Å²) in [5, 5.41) is 12.7. The highest BCUT2D eigenvalue weighted by Gasteiger charge is 2.27. The van der Waals surface area contributed by atoms with Gasteiger partial charge in [-0.1, -0.05) is 0 Å². The van der Waals surface area contributed by atoms with Crippen LogP contribution in [0.15, 0.2) is 0 Å². The molecule has 2 heterocycles. The Hall–Kier alpha value is -0.160. The minimum Gasteiger partial charge on any atom is -0.373 e. The van der Waals surface area contributed by atoms with Crippen molar-refractivity contribution in [2.24, 2.45) is 5.92 Å².